The molecule has 0 amide bonds. The molecule has 1 saturated heterocycles. The highest BCUT2D eigenvalue weighted by Gasteiger charge is 2.44. The van der Waals surface area contributed by atoms with Crippen LogP contribution < -0.4 is 0 Å². The van der Waals surface area contributed by atoms with E-state index in [0.29, 0.717) is 18.4 Å². The van der Waals surface area contributed by atoms with Crippen LogP contribution in [0.15, 0.2) is 0 Å². The van der Waals surface area contributed by atoms with Gasteiger partial charge in [-0.1, -0.05) is 13.8 Å². The quantitative estimate of drug-likeness (QED) is 0.747. The second-order valence-electron chi connectivity index (χ2n) is 6.22. The van der Waals surface area contributed by atoms with Crippen molar-refractivity contribution >= 4 is 5.97 Å². The molecule has 1 heterocycles. The molecule has 2 fully saturated rings. The highest BCUT2D eigenvalue weighted by Crippen LogP contribution is 2.46. The van der Waals surface area contributed by atoms with Crippen molar-refractivity contribution in [1.82, 2.24) is 0 Å². The summed E-state index contributed by atoms with van der Waals surface area (Å²) in [7, 11) is 0. The van der Waals surface area contributed by atoms with Crippen LogP contribution in [0.25, 0.3) is 0 Å². The van der Waals surface area contributed by atoms with Crippen molar-refractivity contribution in [2.75, 3.05) is 6.61 Å². The minimum Gasteiger partial charge on any atom is -0.481 e. The minimum atomic E-state index is -0.646. The summed E-state index contributed by atoms with van der Waals surface area (Å²) in [4.78, 5) is 11.1. The first-order valence-electron chi connectivity index (χ1n) is 6.29. The van der Waals surface area contributed by atoms with Crippen molar-refractivity contribution in [3.63, 3.8) is 0 Å². The molecule has 16 heavy (non-hydrogen) atoms. The van der Waals surface area contributed by atoms with Crippen molar-refractivity contribution in [2.24, 2.45) is 11.3 Å². The molecule has 0 aromatic heterocycles. The lowest BCUT2D eigenvalue weighted by Gasteiger charge is -2.46. The molecule has 3 nitrogen and oxygen atoms in total. The smallest absolute Gasteiger partial charge is 0.306 e. The lowest BCUT2D eigenvalue weighted by atomic mass is 9.67. The maximum absolute atomic E-state index is 11.1. The lowest BCUT2D eigenvalue weighted by Crippen LogP contribution is -2.45. The fourth-order valence-electron chi connectivity index (χ4n) is 2.97. The van der Waals surface area contributed by atoms with Crippen LogP contribution in [0.1, 0.15) is 52.4 Å². The van der Waals surface area contributed by atoms with Gasteiger partial charge in [0.25, 0.3) is 0 Å². The highest BCUT2D eigenvalue weighted by molar-refractivity contribution is 5.70. The Hall–Kier alpha value is -0.570. The monoisotopic (exact) mass is 226 g/mol. The average molecular weight is 226 g/mol. The summed E-state index contributed by atoms with van der Waals surface area (Å²) in [5.41, 5.74) is 0.293. The SMILES string of the molecule is CC1(C)CCC2(CC1)CC(C(=O)O)CCO2. The van der Waals surface area contributed by atoms with E-state index in [9.17, 15) is 4.79 Å². The molecular weight excluding hydrogens is 204 g/mol. The van der Waals surface area contributed by atoms with Gasteiger partial charge >= 0.3 is 5.97 Å². The molecule has 0 aromatic carbocycles. The van der Waals surface area contributed by atoms with Gasteiger partial charge in [0.1, 0.15) is 0 Å². The van der Waals surface area contributed by atoms with Gasteiger partial charge in [-0.05, 0) is 43.9 Å². The maximum atomic E-state index is 11.1. The maximum Gasteiger partial charge on any atom is 0.306 e. The zero-order valence-electron chi connectivity index (χ0n) is 10.3. The summed E-state index contributed by atoms with van der Waals surface area (Å²) in [6, 6.07) is 0. The van der Waals surface area contributed by atoms with Gasteiger partial charge in [0.2, 0.25) is 0 Å². The number of rotatable bonds is 1. The van der Waals surface area contributed by atoms with Gasteiger partial charge in [-0.15, -0.1) is 0 Å². The molecule has 92 valence electrons. The summed E-state index contributed by atoms with van der Waals surface area (Å²) in [5.74, 6) is -0.831. The highest BCUT2D eigenvalue weighted by atomic mass is 16.5. The van der Waals surface area contributed by atoms with Crippen molar-refractivity contribution in [3.05, 3.63) is 0 Å². The van der Waals surface area contributed by atoms with Crippen molar-refractivity contribution in [2.45, 2.75) is 58.0 Å². The molecule has 0 radical (unpaired) electrons. The number of ether oxygens (including phenoxy) is 1. The van der Waals surface area contributed by atoms with Crippen LogP contribution in [0.2, 0.25) is 0 Å². The first kappa shape index (κ1) is 11.9. The third kappa shape index (κ3) is 2.40. The third-order valence-electron chi connectivity index (χ3n) is 4.36. The summed E-state index contributed by atoms with van der Waals surface area (Å²) in [6.07, 6.45) is 5.77. The second kappa shape index (κ2) is 4.02. The molecule has 3 heteroatoms. The fourth-order valence-corrected chi connectivity index (χ4v) is 2.97. The van der Waals surface area contributed by atoms with Gasteiger partial charge in [0.15, 0.2) is 0 Å². The second-order valence-corrected chi connectivity index (χ2v) is 6.22. The minimum absolute atomic E-state index is 0.114. The number of carboxylic acids is 1. The van der Waals surface area contributed by atoms with Gasteiger partial charge in [-0.3, -0.25) is 4.79 Å². The van der Waals surface area contributed by atoms with Crippen molar-refractivity contribution < 1.29 is 14.6 Å². The molecule has 1 atom stereocenters. The molecular formula is C13H22O3. The molecule has 1 unspecified atom stereocenters. The van der Waals surface area contributed by atoms with E-state index in [-0.39, 0.29) is 11.5 Å². The van der Waals surface area contributed by atoms with Gasteiger partial charge < -0.3 is 9.84 Å². The molecule has 2 aliphatic rings. The van der Waals surface area contributed by atoms with Crippen LogP contribution >= 0.6 is 0 Å². The van der Waals surface area contributed by atoms with E-state index in [1.807, 2.05) is 0 Å². The van der Waals surface area contributed by atoms with E-state index in [1.165, 1.54) is 0 Å². The predicted molar refractivity (Wildman–Crippen MR) is 61.3 cm³/mol. The Morgan fingerprint density at radius 2 is 1.88 bits per heavy atom. The Bertz CT molecular complexity index is 273. The normalized spacial score (nSPS) is 32.5. The average Bonchev–Trinajstić information content (AvgIpc) is 2.24. The van der Waals surface area contributed by atoms with Crippen LogP contribution in [-0.2, 0) is 9.53 Å². The number of hydrogen-bond donors (Lipinski definition) is 1. The van der Waals surface area contributed by atoms with E-state index < -0.39 is 5.97 Å². The van der Waals surface area contributed by atoms with Crippen molar-refractivity contribution in [3.8, 4) is 0 Å². The Morgan fingerprint density at radius 3 is 2.44 bits per heavy atom. The summed E-state index contributed by atoms with van der Waals surface area (Å²) < 4.78 is 5.92. The van der Waals surface area contributed by atoms with Gasteiger partial charge in [-0.25, -0.2) is 0 Å². The van der Waals surface area contributed by atoms with Crippen LogP contribution in [0, 0.1) is 11.3 Å². The number of carboxylic acid groups (broad SMARTS) is 1. The van der Waals surface area contributed by atoms with E-state index in [1.54, 1.807) is 0 Å². The summed E-state index contributed by atoms with van der Waals surface area (Å²) in [5, 5.41) is 9.10. The summed E-state index contributed by atoms with van der Waals surface area (Å²) in [6.45, 7) is 5.20. The topological polar surface area (TPSA) is 46.5 Å². The Kier molecular flexibility index (Phi) is 2.99. The fraction of sp³-hybridized carbons (Fsp3) is 0.923. The lowest BCUT2D eigenvalue weighted by molar-refractivity contribution is -0.162. The predicted octanol–water partition coefficient (Wildman–Crippen LogP) is 2.84. The van der Waals surface area contributed by atoms with E-state index in [0.717, 1.165) is 32.1 Å². The van der Waals surface area contributed by atoms with Gasteiger partial charge in [-0.2, -0.15) is 0 Å². The zero-order valence-corrected chi connectivity index (χ0v) is 10.3. The van der Waals surface area contributed by atoms with E-state index in [2.05, 4.69) is 13.8 Å². The molecule has 0 aromatic rings. The number of aliphatic carboxylic acids is 1. The Balaban J connectivity index is 2.01. The van der Waals surface area contributed by atoms with Crippen LogP contribution in [0.3, 0.4) is 0 Å². The van der Waals surface area contributed by atoms with E-state index in [4.69, 9.17) is 9.84 Å². The number of hydrogen-bond acceptors (Lipinski definition) is 2. The first-order chi connectivity index (χ1) is 7.43. The Labute approximate surface area is 97.2 Å². The molecule has 1 aliphatic carbocycles. The number of carbonyl (C=O) groups is 1. The van der Waals surface area contributed by atoms with Crippen molar-refractivity contribution in [1.29, 1.82) is 0 Å². The molecule has 0 bridgehead atoms. The molecule has 1 aliphatic heterocycles. The van der Waals surface area contributed by atoms with Gasteiger partial charge in [0, 0.05) is 6.61 Å². The third-order valence-corrected chi connectivity index (χ3v) is 4.36. The molecule has 1 saturated carbocycles. The van der Waals surface area contributed by atoms with Crippen LogP contribution in [0.5, 0.6) is 0 Å². The first-order valence-corrected chi connectivity index (χ1v) is 6.29. The van der Waals surface area contributed by atoms with E-state index >= 15 is 0 Å². The van der Waals surface area contributed by atoms with Gasteiger partial charge in [0.05, 0.1) is 11.5 Å². The zero-order chi connectivity index (χ0) is 11.8. The molecule has 1 spiro atoms. The standard InChI is InChI=1S/C13H22O3/c1-12(2)4-6-13(7-5-12)9-10(11(14)15)3-8-16-13/h10H,3-9H2,1-2H3,(H,14,15). The Morgan fingerprint density at radius 1 is 1.25 bits per heavy atom. The summed E-state index contributed by atoms with van der Waals surface area (Å²) >= 11 is 0. The van der Waals surface area contributed by atoms with Crippen LogP contribution in [0.4, 0.5) is 0 Å². The molecule has 1 N–H and O–H groups in total. The molecule has 2 rings (SSSR count). The van der Waals surface area contributed by atoms with Crippen LogP contribution in [-0.4, -0.2) is 23.3 Å². The largest absolute Gasteiger partial charge is 0.481 e.